The molecule has 5 rings (SSSR count). The molecule has 0 radical (unpaired) electrons. The molecule has 1 aliphatic rings. The number of aryl methyl sites for hydroxylation is 1. The van der Waals surface area contributed by atoms with Crippen LogP contribution in [0.1, 0.15) is 24.3 Å². The van der Waals surface area contributed by atoms with Crippen LogP contribution in [-0.4, -0.2) is 47.1 Å². The molecular formula is C29H33FN4OS. The number of halogens is 1. The second-order valence-electron chi connectivity index (χ2n) is 8.52. The van der Waals surface area contributed by atoms with Crippen molar-refractivity contribution in [2.75, 3.05) is 32.6 Å². The van der Waals surface area contributed by atoms with E-state index in [9.17, 15) is 4.39 Å². The minimum Gasteiger partial charge on any atom is -0.379 e. The molecular weight excluding hydrogens is 471 g/mol. The number of nitrogens with one attached hydrogen (secondary N) is 1. The fourth-order valence-corrected chi connectivity index (χ4v) is 5.04. The fraction of sp³-hybridized carbons (Fsp3) is 0.310. The first-order valence-corrected chi connectivity index (χ1v) is 13.6. The van der Waals surface area contributed by atoms with Crippen LogP contribution < -0.4 is 5.32 Å². The Hall–Kier alpha value is -3.00. The van der Waals surface area contributed by atoms with Gasteiger partial charge in [0.15, 0.2) is 0 Å². The van der Waals surface area contributed by atoms with Gasteiger partial charge in [-0.05, 0) is 61.6 Å². The monoisotopic (exact) mass is 504 g/mol. The summed E-state index contributed by atoms with van der Waals surface area (Å²) < 4.78 is 21.0. The molecule has 7 heteroatoms. The molecule has 0 spiro atoms. The lowest BCUT2D eigenvalue weighted by molar-refractivity contribution is 0.109. The molecule has 0 bridgehead atoms. The van der Waals surface area contributed by atoms with Gasteiger partial charge >= 0.3 is 0 Å². The van der Waals surface area contributed by atoms with Gasteiger partial charge in [-0.2, -0.15) is 0 Å². The van der Waals surface area contributed by atoms with Crippen LogP contribution >= 0.6 is 11.8 Å². The van der Waals surface area contributed by atoms with E-state index < -0.39 is 0 Å². The van der Waals surface area contributed by atoms with Gasteiger partial charge in [0.2, 0.25) is 0 Å². The third kappa shape index (κ3) is 6.03. The van der Waals surface area contributed by atoms with Crippen LogP contribution in [0.2, 0.25) is 0 Å². The highest BCUT2D eigenvalue weighted by Gasteiger charge is 2.25. The summed E-state index contributed by atoms with van der Waals surface area (Å²) in [6.45, 7) is 8.13. The Labute approximate surface area is 217 Å². The van der Waals surface area contributed by atoms with Gasteiger partial charge in [-0.15, -0.1) is 11.8 Å². The lowest BCUT2D eigenvalue weighted by Gasteiger charge is -2.21. The topological polar surface area (TPSA) is 52.0 Å². The molecule has 0 saturated carbocycles. The lowest BCUT2D eigenvalue weighted by atomic mass is 10.1. The second kappa shape index (κ2) is 12.8. The molecule has 2 aromatic carbocycles. The Balaban J connectivity index is 0.000000445. The van der Waals surface area contributed by atoms with Crippen molar-refractivity contribution in [3.8, 4) is 33.9 Å². The van der Waals surface area contributed by atoms with E-state index in [1.165, 1.54) is 17.7 Å². The zero-order valence-corrected chi connectivity index (χ0v) is 21.9. The maximum Gasteiger partial charge on any atom is 0.142 e. The number of ether oxygens (including phenoxy) is 1. The van der Waals surface area contributed by atoms with Crippen molar-refractivity contribution in [2.45, 2.75) is 25.6 Å². The normalized spacial score (nSPS) is 14.1. The van der Waals surface area contributed by atoms with Crippen molar-refractivity contribution in [3.63, 3.8) is 0 Å². The molecule has 2 aromatic heterocycles. The molecule has 188 valence electrons. The quantitative estimate of drug-likeness (QED) is 0.320. The number of hydrogen-bond acceptors (Lipinski definition) is 5. The van der Waals surface area contributed by atoms with E-state index in [0.29, 0.717) is 0 Å². The van der Waals surface area contributed by atoms with Crippen molar-refractivity contribution in [1.82, 2.24) is 19.9 Å². The van der Waals surface area contributed by atoms with E-state index in [1.807, 2.05) is 24.3 Å². The minimum atomic E-state index is -0.252. The Kier molecular flexibility index (Phi) is 9.28. The molecule has 3 heterocycles. The maximum atomic E-state index is 13.6. The summed E-state index contributed by atoms with van der Waals surface area (Å²) in [5, 5.41) is 3.37. The summed E-state index contributed by atoms with van der Waals surface area (Å²) in [7, 11) is 0. The highest BCUT2D eigenvalue weighted by molar-refractivity contribution is 7.98. The molecule has 1 fully saturated rings. The first-order chi connectivity index (χ1) is 17.6. The second-order valence-corrected chi connectivity index (χ2v) is 9.54. The predicted molar refractivity (Wildman–Crippen MR) is 148 cm³/mol. The third-order valence-electron chi connectivity index (χ3n) is 6.12. The lowest BCUT2D eigenvalue weighted by Crippen LogP contribution is -2.30. The van der Waals surface area contributed by atoms with Crippen LogP contribution in [0.4, 0.5) is 4.39 Å². The summed E-state index contributed by atoms with van der Waals surface area (Å²) in [5.41, 5.74) is 6.10. The van der Waals surface area contributed by atoms with E-state index in [4.69, 9.17) is 9.72 Å². The van der Waals surface area contributed by atoms with Crippen LogP contribution in [-0.2, 0) is 4.74 Å². The third-order valence-corrected chi connectivity index (χ3v) is 7.21. The SMILES string of the molecule is C1COCCN1.CCC(SC)n1c(-c2ccccc2C)nc(-c2ccc(F)cc2)c1-c1ccncc1. The first-order valence-electron chi connectivity index (χ1n) is 12.3. The minimum absolute atomic E-state index is 0.212. The number of pyridine rings is 1. The van der Waals surface area contributed by atoms with E-state index in [0.717, 1.165) is 66.6 Å². The van der Waals surface area contributed by atoms with Gasteiger partial charge in [0.1, 0.15) is 11.6 Å². The maximum absolute atomic E-state index is 13.6. The Morgan fingerprint density at radius 3 is 2.25 bits per heavy atom. The van der Waals surface area contributed by atoms with Gasteiger partial charge in [0.05, 0.1) is 30.0 Å². The molecule has 36 heavy (non-hydrogen) atoms. The van der Waals surface area contributed by atoms with Crippen molar-refractivity contribution in [3.05, 3.63) is 84.4 Å². The van der Waals surface area contributed by atoms with Crippen LogP contribution in [0.3, 0.4) is 0 Å². The van der Waals surface area contributed by atoms with Crippen molar-refractivity contribution < 1.29 is 9.13 Å². The smallest absolute Gasteiger partial charge is 0.142 e. The Morgan fingerprint density at radius 2 is 1.69 bits per heavy atom. The number of thioether (sulfide) groups is 1. The van der Waals surface area contributed by atoms with Gasteiger partial charge in [-0.1, -0.05) is 31.2 Å². The van der Waals surface area contributed by atoms with Gasteiger partial charge in [0, 0.05) is 42.2 Å². The number of hydrogen-bond donors (Lipinski definition) is 1. The van der Waals surface area contributed by atoms with Crippen LogP contribution in [0.25, 0.3) is 33.9 Å². The fourth-order valence-electron chi connectivity index (χ4n) is 4.29. The van der Waals surface area contributed by atoms with Crippen LogP contribution in [0.15, 0.2) is 73.1 Å². The molecule has 0 amide bonds. The standard InChI is InChI=1S/C25H24FN3S.C4H9NO/c1-4-22(30-3)29-24(19-13-15-27-16-14-19)23(18-9-11-20(26)12-10-18)28-25(29)21-8-6-5-7-17(21)2;1-3-6-4-2-5-1/h5-16,22H,4H2,1-3H3;5H,1-4H2. The molecule has 4 aromatic rings. The van der Waals surface area contributed by atoms with Crippen LogP contribution in [0.5, 0.6) is 0 Å². The average molecular weight is 505 g/mol. The van der Waals surface area contributed by atoms with Crippen LogP contribution in [0, 0.1) is 12.7 Å². The van der Waals surface area contributed by atoms with Gasteiger partial charge in [-0.3, -0.25) is 4.98 Å². The van der Waals surface area contributed by atoms with Crippen molar-refractivity contribution >= 4 is 11.8 Å². The van der Waals surface area contributed by atoms with Crippen molar-refractivity contribution in [2.24, 2.45) is 0 Å². The van der Waals surface area contributed by atoms with E-state index in [-0.39, 0.29) is 11.2 Å². The number of imidazole rings is 1. The number of benzene rings is 2. The zero-order valence-electron chi connectivity index (χ0n) is 21.1. The number of nitrogens with zero attached hydrogens (tertiary/aromatic N) is 3. The molecule has 1 aliphatic heterocycles. The summed E-state index contributed by atoms with van der Waals surface area (Å²) >= 11 is 1.80. The number of morpholine rings is 1. The van der Waals surface area contributed by atoms with E-state index in [2.05, 4.69) is 47.1 Å². The summed E-state index contributed by atoms with van der Waals surface area (Å²) in [6, 6.07) is 18.9. The zero-order chi connectivity index (χ0) is 25.3. The highest BCUT2D eigenvalue weighted by Crippen LogP contribution is 2.42. The summed E-state index contributed by atoms with van der Waals surface area (Å²) in [5.74, 6) is 0.679. The Bertz CT molecular complexity index is 1220. The molecule has 1 saturated heterocycles. The van der Waals surface area contributed by atoms with E-state index >= 15 is 0 Å². The largest absolute Gasteiger partial charge is 0.379 e. The molecule has 0 aliphatic carbocycles. The van der Waals surface area contributed by atoms with E-state index in [1.54, 1.807) is 36.3 Å². The number of aromatic nitrogens is 3. The average Bonchev–Trinajstić information content (AvgIpc) is 3.32. The molecule has 1 atom stereocenters. The first kappa shape index (κ1) is 26.1. The predicted octanol–water partition coefficient (Wildman–Crippen LogP) is 6.60. The van der Waals surface area contributed by atoms with Crippen molar-refractivity contribution in [1.29, 1.82) is 0 Å². The molecule has 1 unspecified atom stereocenters. The van der Waals surface area contributed by atoms with Gasteiger partial charge < -0.3 is 14.6 Å². The summed E-state index contributed by atoms with van der Waals surface area (Å²) in [4.78, 5) is 9.34. The molecule has 5 nitrogen and oxygen atoms in total. The van der Waals surface area contributed by atoms with Gasteiger partial charge in [0.25, 0.3) is 0 Å². The Morgan fingerprint density at radius 1 is 1.00 bits per heavy atom. The summed E-state index contributed by atoms with van der Waals surface area (Å²) in [6.07, 6.45) is 6.68. The molecule has 1 N–H and O–H groups in total. The van der Waals surface area contributed by atoms with Gasteiger partial charge in [-0.25, -0.2) is 9.37 Å². The highest BCUT2D eigenvalue weighted by atomic mass is 32.2. The number of rotatable bonds is 6.